The number of nitrogens with zero attached hydrogens (tertiary/aromatic N) is 6. The number of methoxy groups -OCH3 is 1. The molecule has 2 aromatic heterocycles. The number of nitrogen functional groups attached to an aromatic ring is 1. The molecule has 3 N–H and O–H groups in total. The first kappa shape index (κ1) is 17.4. The Morgan fingerprint density at radius 2 is 1.61 bits per heavy atom. The zero-order valence-electron chi connectivity index (χ0n) is 15.4. The van der Waals surface area contributed by atoms with Crippen LogP contribution in [0.5, 0.6) is 5.75 Å². The monoisotopic (exact) mass is 374 g/mol. The van der Waals surface area contributed by atoms with Gasteiger partial charge in [0.2, 0.25) is 0 Å². The predicted octanol–water partition coefficient (Wildman–Crippen LogP) is 5.39. The van der Waals surface area contributed by atoms with Crippen molar-refractivity contribution in [2.45, 2.75) is 6.92 Å². The van der Waals surface area contributed by atoms with Gasteiger partial charge in [-0.1, -0.05) is 18.2 Å². The van der Waals surface area contributed by atoms with Crippen LogP contribution in [0.3, 0.4) is 0 Å². The molecule has 28 heavy (non-hydrogen) atoms. The maximum absolute atomic E-state index is 6.07. The van der Waals surface area contributed by atoms with Crippen LogP contribution in [0.15, 0.2) is 75.1 Å². The van der Waals surface area contributed by atoms with Gasteiger partial charge in [-0.2, -0.15) is 5.11 Å². The van der Waals surface area contributed by atoms with Gasteiger partial charge in [0.1, 0.15) is 11.6 Å². The average molecular weight is 374 g/mol. The fraction of sp³-hybridized carbons (Fsp3) is 0.105. The molecule has 2 heterocycles. The number of hydrogen-bond donors (Lipinski definition) is 2. The van der Waals surface area contributed by atoms with Crippen LogP contribution in [0.25, 0.3) is 5.65 Å². The van der Waals surface area contributed by atoms with Gasteiger partial charge in [0.05, 0.1) is 24.2 Å². The minimum Gasteiger partial charge on any atom is -0.497 e. The van der Waals surface area contributed by atoms with Crippen LogP contribution in [0.2, 0.25) is 0 Å². The second-order valence-corrected chi connectivity index (χ2v) is 5.99. The number of nitrogens with two attached hydrogens (primary N) is 1. The number of ether oxygens (including phenoxy) is 1. The fourth-order valence-corrected chi connectivity index (χ4v) is 2.65. The summed E-state index contributed by atoms with van der Waals surface area (Å²) in [6.45, 7) is 1.85. The average Bonchev–Trinajstić information content (AvgIpc) is 3.19. The molecule has 0 amide bonds. The van der Waals surface area contributed by atoms with E-state index in [-0.39, 0.29) is 0 Å². The summed E-state index contributed by atoms with van der Waals surface area (Å²) in [4.78, 5) is 4.51. The number of rotatable bonds is 5. The smallest absolute Gasteiger partial charge is 0.197 e. The van der Waals surface area contributed by atoms with E-state index < -0.39 is 0 Å². The molecule has 0 bridgehead atoms. The molecule has 0 unspecified atom stereocenters. The van der Waals surface area contributed by atoms with E-state index in [1.165, 1.54) is 0 Å². The Balaban J connectivity index is 1.67. The summed E-state index contributed by atoms with van der Waals surface area (Å²) in [5.74, 6) is 1.65. The van der Waals surface area contributed by atoms with Crippen molar-refractivity contribution in [3.8, 4) is 5.75 Å². The van der Waals surface area contributed by atoms with E-state index in [0.717, 1.165) is 11.4 Å². The van der Waals surface area contributed by atoms with Crippen molar-refractivity contribution >= 4 is 34.3 Å². The number of aryl methyl sites for hydroxylation is 1. The number of aromatic amines is 1. The highest BCUT2D eigenvalue weighted by Crippen LogP contribution is 2.33. The highest BCUT2D eigenvalue weighted by molar-refractivity contribution is 5.77. The minimum absolute atomic E-state index is 0.343. The molecule has 0 aliphatic rings. The Labute approximate surface area is 160 Å². The van der Waals surface area contributed by atoms with Gasteiger partial charge >= 0.3 is 0 Å². The molecule has 9 heteroatoms. The first-order valence-electron chi connectivity index (χ1n) is 8.55. The van der Waals surface area contributed by atoms with Gasteiger partial charge < -0.3 is 10.5 Å². The lowest BCUT2D eigenvalue weighted by Crippen LogP contribution is -1.88. The van der Waals surface area contributed by atoms with Gasteiger partial charge in [-0.05, 0) is 43.3 Å². The Morgan fingerprint density at radius 3 is 2.32 bits per heavy atom. The largest absolute Gasteiger partial charge is 0.497 e. The van der Waals surface area contributed by atoms with E-state index in [9.17, 15) is 0 Å². The van der Waals surface area contributed by atoms with Crippen molar-refractivity contribution in [1.82, 2.24) is 14.6 Å². The van der Waals surface area contributed by atoms with Crippen LogP contribution in [0, 0.1) is 6.92 Å². The van der Waals surface area contributed by atoms with Crippen LogP contribution >= 0.6 is 0 Å². The molecule has 0 radical (unpaired) electrons. The van der Waals surface area contributed by atoms with Gasteiger partial charge in [-0.25, -0.2) is 9.50 Å². The van der Waals surface area contributed by atoms with Crippen molar-refractivity contribution in [2.75, 3.05) is 12.8 Å². The van der Waals surface area contributed by atoms with Crippen molar-refractivity contribution < 1.29 is 4.74 Å². The fourth-order valence-electron chi connectivity index (χ4n) is 2.65. The Bertz CT molecular complexity index is 1160. The minimum atomic E-state index is 0.343. The van der Waals surface area contributed by atoms with Gasteiger partial charge in [-0.15, -0.1) is 15.3 Å². The molecule has 140 valence electrons. The van der Waals surface area contributed by atoms with E-state index in [1.807, 2.05) is 49.4 Å². The Kier molecular flexibility index (Phi) is 4.55. The van der Waals surface area contributed by atoms with E-state index >= 15 is 0 Å². The summed E-state index contributed by atoms with van der Waals surface area (Å²) in [5.41, 5.74) is 9.17. The SMILES string of the molecule is COc1ccc(N=Nc2c(N)[nH]n3c(N=Nc4ccccc4)c(C)nc23)cc1. The van der Waals surface area contributed by atoms with Gasteiger partial charge in [0.15, 0.2) is 17.2 Å². The lowest BCUT2D eigenvalue weighted by Gasteiger charge is -1.97. The first-order valence-corrected chi connectivity index (χ1v) is 8.55. The van der Waals surface area contributed by atoms with E-state index in [1.54, 1.807) is 23.8 Å². The molecule has 0 aliphatic carbocycles. The summed E-state index contributed by atoms with van der Waals surface area (Å²) in [5, 5.41) is 20.1. The number of hydrogen-bond acceptors (Lipinski definition) is 7. The zero-order chi connectivity index (χ0) is 19.5. The van der Waals surface area contributed by atoms with Gasteiger partial charge in [0, 0.05) is 0 Å². The Morgan fingerprint density at radius 1 is 0.929 bits per heavy atom. The van der Waals surface area contributed by atoms with Crippen molar-refractivity contribution in [3.05, 3.63) is 60.3 Å². The van der Waals surface area contributed by atoms with Crippen LogP contribution in [-0.2, 0) is 0 Å². The first-order chi connectivity index (χ1) is 13.7. The molecule has 0 spiro atoms. The van der Waals surface area contributed by atoms with Crippen LogP contribution < -0.4 is 10.5 Å². The maximum Gasteiger partial charge on any atom is 0.197 e. The quantitative estimate of drug-likeness (QED) is 0.456. The lowest BCUT2D eigenvalue weighted by atomic mass is 10.3. The van der Waals surface area contributed by atoms with E-state index in [0.29, 0.717) is 34.4 Å². The second kappa shape index (κ2) is 7.31. The Hall–Kier alpha value is -4.01. The number of fused-ring (bicyclic) bond motifs is 1. The normalized spacial score (nSPS) is 11.8. The molecule has 9 nitrogen and oxygen atoms in total. The molecule has 0 fully saturated rings. The summed E-state index contributed by atoms with van der Waals surface area (Å²) in [7, 11) is 1.61. The molecule has 0 saturated heterocycles. The molecule has 0 atom stereocenters. The van der Waals surface area contributed by atoms with Crippen LogP contribution in [0.4, 0.5) is 28.7 Å². The lowest BCUT2D eigenvalue weighted by molar-refractivity contribution is 0.415. The molecular formula is C19H18N8O. The van der Waals surface area contributed by atoms with E-state index in [4.69, 9.17) is 10.5 Å². The topological polar surface area (TPSA) is 118 Å². The van der Waals surface area contributed by atoms with Gasteiger partial charge in [0.25, 0.3) is 0 Å². The predicted molar refractivity (Wildman–Crippen MR) is 106 cm³/mol. The standard InChI is InChI=1S/C19H18N8O/c1-12-18(25-23-13-6-4-3-5-7-13)27-19(21-12)16(17(20)26-27)24-22-14-8-10-15(28-2)11-9-14/h3-11,26H,20H2,1-2H3. The number of nitrogens with one attached hydrogen (secondary N) is 1. The third-order valence-corrected chi connectivity index (χ3v) is 4.07. The summed E-state index contributed by atoms with van der Waals surface area (Å²) in [6.07, 6.45) is 0. The van der Waals surface area contributed by atoms with Crippen molar-refractivity contribution in [3.63, 3.8) is 0 Å². The number of azo groups is 2. The highest BCUT2D eigenvalue weighted by Gasteiger charge is 2.17. The van der Waals surface area contributed by atoms with Crippen molar-refractivity contribution in [2.24, 2.45) is 20.5 Å². The summed E-state index contributed by atoms with van der Waals surface area (Å²) >= 11 is 0. The molecule has 2 aromatic carbocycles. The zero-order valence-corrected chi connectivity index (χ0v) is 15.4. The van der Waals surface area contributed by atoms with E-state index in [2.05, 4.69) is 30.5 Å². The number of benzene rings is 2. The molecule has 0 saturated carbocycles. The second-order valence-electron chi connectivity index (χ2n) is 5.99. The number of anilines is 1. The summed E-state index contributed by atoms with van der Waals surface area (Å²) in [6, 6.07) is 16.7. The third kappa shape index (κ3) is 3.32. The molecule has 4 rings (SSSR count). The third-order valence-electron chi connectivity index (χ3n) is 4.07. The number of aromatic nitrogens is 3. The number of imidazole rings is 1. The maximum atomic E-state index is 6.07. The van der Waals surface area contributed by atoms with Gasteiger partial charge in [-0.3, -0.25) is 5.10 Å². The van der Waals surface area contributed by atoms with Crippen LogP contribution in [0.1, 0.15) is 5.69 Å². The number of H-pyrrole nitrogens is 1. The molecular weight excluding hydrogens is 356 g/mol. The van der Waals surface area contributed by atoms with Crippen LogP contribution in [-0.4, -0.2) is 21.7 Å². The highest BCUT2D eigenvalue weighted by atomic mass is 16.5. The molecule has 4 aromatic rings. The van der Waals surface area contributed by atoms with Crippen molar-refractivity contribution in [1.29, 1.82) is 0 Å². The molecule has 0 aliphatic heterocycles. The summed E-state index contributed by atoms with van der Waals surface area (Å²) < 4.78 is 6.79.